The van der Waals surface area contributed by atoms with Gasteiger partial charge < -0.3 is 20.7 Å². The van der Waals surface area contributed by atoms with Crippen LogP contribution in [0, 0.1) is 0 Å². The molecule has 21 heavy (non-hydrogen) atoms. The van der Waals surface area contributed by atoms with Crippen LogP contribution in [0.5, 0.6) is 0 Å². The first-order chi connectivity index (χ1) is 10.2. The van der Waals surface area contributed by atoms with E-state index in [1.54, 1.807) is 7.05 Å². The number of nitrogens with zero attached hydrogens (tertiary/aromatic N) is 2. The van der Waals surface area contributed by atoms with Crippen molar-refractivity contribution < 1.29 is 14.3 Å². The monoisotopic (exact) mass is 295 g/mol. The van der Waals surface area contributed by atoms with Crippen molar-refractivity contribution in [1.29, 1.82) is 0 Å². The van der Waals surface area contributed by atoms with Gasteiger partial charge in [0.2, 0.25) is 5.91 Å². The molecule has 3 fully saturated rings. The van der Waals surface area contributed by atoms with Crippen LogP contribution in [-0.4, -0.2) is 67.7 Å². The maximum absolute atomic E-state index is 11.4. The van der Waals surface area contributed by atoms with Crippen molar-refractivity contribution in [1.82, 2.24) is 20.9 Å². The Morgan fingerprint density at radius 3 is 2.90 bits per heavy atom. The van der Waals surface area contributed by atoms with E-state index >= 15 is 0 Å². The van der Waals surface area contributed by atoms with E-state index in [9.17, 15) is 9.59 Å². The van der Waals surface area contributed by atoms with E-state index in [2.05, 4.69) is 20.9 Å². The van der Waals surface area contributed by atoms with E-state index in [-0.39, 0.29) is 24.6 Å². The van der Waals surface area contributed by atoms with E-state index in [1.807, 2.05) is 0 Å². The molecule has 0 aliphatic carbocycles. The van der Waals surface area contributed by atoms with Crippen LogP contribution >= 0.6 is 0 Å². The van der Waals surface area contributed by atoms with Gasteiger partial charge in [0.1, 0.15) is 0 Å². The molecular formula is C13H21N5O3. The number of hydrogen-bond acceptors (Lipinski definition) is 4. The molecule has 2 bridgehead atoms. The maximum Gasteiger partial charge on any atom is 0.324 e. The van der Waals surface area contributed by atoms with Gasteiger partial charge in [0.25, 0.3) is 0 Å². The van der Waals surface area contributed by atoms with Gasteiger partial charge >= 0.3 is 6.03 Å². The Balaban J connectivity index is 1.43. The predicted molar refractivity (Wildman–Crippen MR) is 75.9 cm³/mol. The first kappa shape index (κ1) is 14.1. The molecule has 8 nitrogen and oxygen atoms in total. The Kier molecular flexibility index (Phi) is 3.96. The lowest BCUT2D eigenvalue weighted by molar-refractivity contribution is -0.124. The molecule has 3 amide bonds. The molecule has 3 saturated heterocycles. The Labute approximate surface area is 123 Å². The van der Waals surface area contributed by atoms with Crippen molar-refractivity contribution >= 4 is 17.9 Å². The van der Waals surface area contributed by atoms with Crippen LogP contribution in [0.1, 0.15) is 19.3 Å². The molecule has 116 valence electrons. The molecule has 0 radical (unpaired) electrons. The fourth-order valence-electron chi connectivity index (χ4n) is 3.13. The molecule has 3 N–H and O–H groups in total. The molecule has 3 atom stereocenters. The molecule has 3 rings (SSSR count). The number of ether oxygens (including phenoxy) is 1. The number of fused-ring (bicyclic) bond motifs is 2. The molecular weight excluding hydrogens is 274 g/mol. The van der Waals surface area contributed by atoms with E-state index in [0.717, 1.165) is 19.3 Å². The number of hydrogen-bond donors (Lipinski definition) is 3. The van der Waals surface area contributed by atoms with Crippen LogP contribution in [0.3, 0.4) is 0 Å². The number of imide groups is 1. The molecule has 3 aliphatic heterocycles. The summed E-state index contributed by atoms with van der Waals surface area (Å²) < 4.78 is 5.79. The molecule has 8 heteroatoms. The third-order valence-corrected chi connectivity index (χ3v) is 4.22. The Morgan fingerprint density at radius 1 is 1.48 bits per heavy atom. The number of carbonyl (C=O) groups excluding carboxylic acids is 2. The highest BCUT2D eigenvalue weighted by Crippen LogP contribution is 2.34. The third kappa shape index (κ3) is 2.94. The maximum atomic E-state index is 11.4. The van der Waals surface area contributed by atoms with Gasteiger partial charge in [-0.05, 0) is 19.3 Å². The number of rotatable bonds is 4. The quantitative estimate of drug-likeness (QED) is 0.352. The highest BCUT2D eigenvalue weighted by molar-refractivity contribution is 6.01. The van der Waals surface area contributed by atoms with Crippen LogP contribution in [0.15, 0.2) is 4.99 Å². The molecule has 3 heterocycles. The first-order valence-corrected chi connectivity index (χ1v) is 7.38. The van der Waals surface area contributed by atoms with Crippen LogP contribution in [0.4, 0.5) is 4.79 Å². The van der Waals surface area contributed by atoms with E-state index in [0.29, 0.717) is 31.2 Å². The minimum atomic E-state index is -0.328. The van der Waals surface area contributed by atoms with Gasteiger partial charge in [0.15, 0.2) is 5.96 Å². The van der Waals surface area contributed by atoms with Crippen LogP contribution < -0.4 is 16.0 Å². The second-order valence-electron chi connectivity index (χ2n) is 5.56. The number of aliphatic imine (C=N–C) groups is 1. The Morgan fingerprint density at radius 2 is 2.33 bits per heavy atom. The van der Waals surface area contributed by atoms with Crippen LogP contribution in [-0.2, 0) is 9.53 Å². The van der Waals surface area contributed by atoms with E-state index in [1.165, 1.54) is 4.90 Å². The zero-order valence-electron chi connectivity index (χ0n) is 12.1. The van der Waals surface area contributed by atoms with Gasteiger partial charge in [0, 0.05) is 20.1 Å². The highest BCUT2D eigenvalue weighted by Gasteiger charge is 2.41. The number of amides is 3. The smallest absolute Gasteiger partial charge is 0.324 e. The average molecular weight is 295 g/mol. The zero-order valence-corrected chi connectivity index (χ0v) is 12.1. The van der Waals surface area contributed by atoms with Crippen LogP contribution in [0.25, 0.3) is 0 Å². The summed E-state index contributed by atoms with van der Waals surface area (Å²) in [7, 11) is 1.71. The van der Waals surface area contributed by atoms with Gasteiger partial charge in [-0.15, -0.1) is 0 Å². The zero-order chi connectivity index (χ0) is 14.8. The summed E-state index contributed by atoms with van der Waals surface area (Å²) in [6.07, 6.45) is 3.93. The molecule has 3 unspecified atom stereocenters. The third-order valence-electron chi connectivity index (χ3n) is 4.22. The summed E-state index contributed by atoms with van der Waals surface area (Å²) in [6, 6.07) is -0.0297. The lowest BCUT2D eigenvalue weighted by Crippen LogP contribution is -2.49. The van der Waals surface area contributed by atoms with Gasteiger partial charge in [-0.3, -0.25) is 14.7 Å². The van der Waals surface area contributed by atoms with Gasteiger partial charge in [-0.25, -0.2) is 4.79 Å². The minimum Gasteiger partial charge on any atom is -0.373 e. The normalized spacial score (nSPS) is 31.8. The Hall–Kier alpha value is -1.83. The summed E-state index contributed by atoms with van der Waals surface area (Å²) in [6.45, 7) is 0.896. The highest BCUT2D eigenvalue weighted by atomic mass is 16.5. The fourth-order valence-corrected chi connectivity index (χ4v) is 3.13. The van der Waals surface area contributed by atoms with Gasteiger partial charge in [0.05, 0.1) is 24.8 Å². The SMILES string of the molecule is CN=C(NCCN1C(=O)CNC1=O)NC1CC2CCC1O2. The minimum absolute atomic E-state index is 0.0916. The largest absolute Gasteiger partial charge is 0.373 e. The second-order valence-corrected chi connectivity index (χ2v) is 5.56. The van der Waals surface area contributed by atoms with Crippen molar-refractivity contribution in [2.45, 2.75) is 37.5 Å². The fraction of sp³-hybridized carbons (Fsp3) is 0.769. The van der Waals surface area contributed by atoms with Gasteiger partial charge in [-0.2, -0.15) is 0 Å². The molecule has 0 aromatic heterocycles. The van der Waals surface area contributed by atoms with Crippen molar-refractivity contribution in [3.8, 4) is 0 Å². The summed E-state index contributed by atoms with van der Waals surface area (Å²) in [5.74, 6) is 0.495. The molecule has 0 aromatic rings. The van der Waals surface area contributed by atoms with E-state index < -0.39 is 0 Å². The number of urea groups is 1. The molecule has 0 aromatic carbocycles. The summed E-state index contributed by atoms with van der Waals surface area (Å²) in [5, 5.41) is 8.98. The van der Waals surface area contributed by atoms with Crippen molar-refractivity contribution in [3.05, 3.63) is 0 Å². The Bertz CT molecular complexity index is 451. The summed E-state index contributed by atoms with van der Waals surface area (Å²) in [5.41, 5.74) is 0. The summed E-state index contributed by atoms with van der Waals surface area (Å²) in [4.78, 5) is 28.2. The number of nitrogens with one attached hydrogen (secondary N) is 3. The summed E-state index contributed by atoms with van der Waals surface area (Å²) >= 11 is 0. The second kappa shape index (κ2) is 5.88. The molecule has 0 saturated carbocycles. The molecule has 3 aliphatic rings. The predicted octanol–water partition coefficient (Wildman–Crippen LogP) is -0.977. The molecule has 0 spiro atoms. The van der Waals surface area contributed by atoms with Crippen molar-refractivity contribution in [2.24, 2.45) is 4.99 Å². The van der Waals surface area contributed by atoms with E-state index in [4.69, 9.17) is 4.74 Å². The lowest BCUT2D eigenvalue weighted by Gasteiger charge is -2.23. The standard InChI is InChI=1S/C13H21N5O3/c1-14-12(17-9-6-8-2-3-10(9)21-8)15-4-5-18-11(19)7-16-13(18)20/h8-10H,2-7H2,1H3,(H,16,20)(H2,14,15,17). The topological polar surface area (TPSA) is 95.1 Å². The van der Waals surface area contributed by atoms with Gasteiger partial charge in [-0.1, -0.05) is 0 Å². The number of guanidine groups is 1. The number of carbonyl (C=O) groups is 2. The van der Waals surface area contributed by atoms with Crippen molar-refractivity contribution in [2.75, 3.05) is 26.7 Å². The van der Waals surface area contributed by atoms with Crippen molar-refractivity contribution in [3.63, 3.8) is 0 Å². The first-order valence-electron chi connectivity index (χ1n) is 7.38. The average Bonchev–Trinajstić information content (AvgIpc) is 3.17. The lowest BCUT2D eigenvalue weighted by atomic mass is 9.96. The van der Waals surface area contributed by atoms with Crippen LogP contribution in [0.2, 0.25) is 0 Å².